The van der Waals surface area contributed by atoms with E-state index in [1.54, 1.807) is 44.3 Å². The summed E-state index contributed by atoms with van der Waals surface area (Å²) >= 11 is 0. The first kappa shape index (κ1) is 37.9. The molecule has 3 heterocycles. The van der Waals surface area contributed by atoms with Gasteiger partial charge >= 0.3 is 5.51 Å². The van der Waals surface area contributed by atoms with Gasteiger partial charge in [0, 0.05) is 50.9 Å². The Morgan fingerprint density at radius 3 is 2.41 bits per heavy atom. The monoisotopic (exact) mass is 753 g/mol. The lowest BCUT2D eigenvalue weighted by molar-refractivity contribution is -0.137. The summed E-state index contributed by atoms with van der Waals surface area (Å²) in [6, 6.07) is 10.3. The number of amides is 1. The van der Waals surface area contributed by atoms with Crippen molar-refractivity contribution in [3.05, 3.63) is 66.5 Å². The predicted molar refractivity (Wildman–Crippen MR) is 183 cm³/mol. The SMILES string of the molecule is CCOC(CCNc1ccc(S(=O)(=O)NC(=O)c2cccc(N3CCCCC3)c2Oc2cnc3[nH]ccc3c2)cc1S(=O)(=O)C(F)(F)F)OCC. The number of nitrogens with zero attached hydrogens (tertiary/aromatic N) is 2. The van der Waals surface area contributed by atoms with E-state index in [-0.39, 0.29) is 30.0 Å². The maximum atomic E-state index is 13.8. The Morgan fingerprint density at radius 2 is 1.73 bits per heavy atom. The van der Waals surface area contributed by atoms with Crippen LogP contribution in [0.25, 0.3) is 11.0 Å². The van der Waals surface area contributed by atoms with Crippen LogP contribution in [0.4, 0.5) is 24.5 Å². The van der Waals surface area contributed by atoms with E-state index in [1.165, 1.54) is 12.3 Å². The number of nitrogens with one attached hydrogen (secondary N) is 3. The van der Waals surface area contributed by atoms with Crippen molar-refractivity contribution in [3.63, 3.8) is 0 Å². The number of halogens is 3. The van der Waals surface area contributed by atoms with Gasteiger partial charge in [-0.15, -0.1) is 0 Å². The fourth-order valence-corrected chi connectivity index (χ4v) is 7.63. The summed E-state index contributed by atoms with van der Waals surface area (Å²) in [6.45, 7) is 5.29. The number of para-hydroxylation sites is 1. The zero-order valence-corrected chi connectivity index (χ0v) is 29.5. The van der Waals surface area contributed by atoms with E-state index in [1.807, 2.05) is 9.62 Å². The Bertz CT molecular complexity index is 2060. The van der Waals surface area contributed by atoms with Gasteiger partial charge in [0.1, 0.15) is 16.3 Å². The molecule has 276 valence electrons. The van der Waals surface area contributed by atoms with E-state index in [2.05, 4.69) is 15.3 Å². The number of rotatable bonds is 15. The molecule has 0 aliphatic carbocycles. The zero-order valence-electron chi connectivity index (χ0n) is 27.8. The number of piperidine rings is 1. The Hall–Kier alpha value is -4.39. The highest BCUT2D eigenvalue weighted by molar-refractivity contribution is 7.92. The average Bonchev–Trinajstić information content (AvgIpc) is 3.56. The van der Waals surface area contributed by atoms with Crippen LogP contribution in [-0.4, -0.2) is 77.4 Å². The molecule has 5 rings (SSSR count). The largest absolute Gasteiger partial charge is 0.501 e. The molecule has 0 saturated carbocycles. The van der Waals surface area contributed by atoms with E-state index >= 15 is 0 Å². The predicted octanol–water partition coefficient (Wildman–Crippen LogP) is 5.96. The molecule has 0 spiro atoms. The number of ether oxygens (including phenoxy) is 3. The van der Waals surface area contributed by atoms with Crippen molar-refractivity contribution in [1.82, 2.24) is 14.7 Å². The molecule has 1 aliphatic rings. The number of hydrogen-bond donors (Lipinski definition) is 3. The molecule has 4 aromatic rings. The van der Waals surface area contributed by atoms with Gasteiger partial charge in [0.15, 0.2) is 12.0 Å². The van der Waals surface area contributed by atoms with E-state index in [4.69, 9.17) is 14.2 Å². The van der Waals surface area contributed by atoms with Crippen LogP contribution in [0.15, 0.2) is 70.7 Å². The number of sulfonamides is 1. The van der Waals surface area contributed by atoms with Crippen molar-refractivity contribution < 1.29 is 49.0 Å². The van der Waals surface area contributed by atoms with Crippen molar-refractivity contribution in [2.75, 3.05) is 43.1 Å². The second kappa shape index (κ2) is 15.9. The molecule has 2 aromatic heterocycles. The molecule has 0 bridgehead atoms. The number of H-pyrrole nitrogens is 1. The first-order chi connectivity index (χ1) is 24.2. The fraction of sp³-hybridized carbons (Fsp3) is 0.394. The summed E-state index contributed by atoms with van der Waals surface area (Å²) in [5.41, 5.74) is -5.31. The number of anilines is 2. The van der Waals surface area contributed by atoms with Gasteiger partial charge < -0.3 is 29.4 Å². The van der Waals surface area contributed by atoms with Crippen LogP contribution in [0.2, 0.25) is 0 Å². The molecule has 51 heavy (non-hydrogen) atoms. The first-order valence-electron chi connectivity index (χ1n) is 16.2. The highest BCUT2D eigenvalue weighted by atomic mass is 32.2. The highest BCUT2D eigenvalue weighted by Crippen LogP contribution is 2.39. The van der Waals surface area contributed by atoms with Crippen LogP contribution in [-0.2, 0) is 29.3 Å². The molecule has 1 fully saturated rings. The number of aromatic nitrogens is 2. The molecule has 3 N–H and O–H groups in total. The molecule has 0 atom stereocenters. The molecule has 1 amide bonds. The minimum Gasteiger partial charge on any atom is -0.453 e. The van der Waals surface area contributed by atoms with Crippen molar-refractivity contribution in [2.24, 2.45) is 0 Å². The molecule has 1 saturated heterocycles. The third kappa shape index (κ3) is 8.74. The molecular formula is C33H38F3N5O8S2. The second-order valence-corrected chi connectivity index (χ2v) is 15.1. The van der Waals surface area contributed by atoms with Gasteiger partial charge in [-0.2, -0.15) is 13.2 Å². The lowest BCUT2D eigenvalue weighted by Gasteiger charge is -2.30. The Morgan fingerprint density at radius 1 is 1.00 bits per heavy atom. The number of benzene rings is 2. The second-order valence-electron chi connectivity index (χ2n) is 11.5. The van der Waals surface area contributed by atoms with Gasteiger partial charge in [-0.3, -0.25) is 4.79 Å². The number of carbonyl (C=O) groups excluding carboxylic acids is 1. The van der Waals surface area contributed by atoms with Gasteiger partial charge in [-0.25, -0.2) is 26.5 Å². The number of alkyl halides is 3. The molecular weight excluding hydrogens is 716 g/mol. The summed E-state index contributed by atoms with van der Waals surface area (Å²) in [5, 5.41) is 3.34. The summed E-state index contributed by atoms with van der Waals surface area (Å²) in [6.07, 6.45) is 5.35. The summed E-state index contributed by atoms with van der Waals surface area (Å²) in [7, 11) is -11.0. The quantitative estimate of drug-likeness (QED) is 0.123. The van der Waals surface area contributed by atoms with Gasteiger partial charge in [0.05, 0.1) is 28.0 Å². The van der Waals surface area contributed by atoms with Crippen LogP contribution in [0.1, 0.15) is 49.9 Å². The van der Waals surface area contributed by atoms with Crippen LogP contribution < -0.4 is 19.7 Å². The number of aromatic amines is 1. The molecule has 18 heteroatoms. The third-order valence-corrected chi connectivity index (χ3v) is 10.9. The Balaban J connectivity index is 1.47. The van der Waals surface area contributed by atoms with E-state index in [0.29, 0.717) is 43.7 Å². The van der Waals surface area contributed by atoms with Gasteiger partial charge in [0.2, 0.25) is 0 Å². The van der Waals surface area contributed by atoms with Gasteiger partial charge in [-0.05, 0) is 75.6 Å². The third-order valence-electron chi connectivity index (χ3n) is 8.02. The fourth-order valence-electron chi connectivity index (χ4n) is 5.60. The maximum absolute atomic E-state index is 13.8. The molecule has 13 nitrogen and oxygen atoms in total. The minimum absolute atomic E-state index is 0.0427. The summed E-state index contributed by atoms with van der Waals surface area (Å²) < 4.78 is 113. The molecule has 2 aromatic carbocycles. The smallest absolute Gasteiger partial charge is 0.453 e. The number of hydrogen-bond acceptors (Lipinski definition) is 11. The topological polar surface area (TPSA) is 169 Å². The van der Waals surface area contributed by atoms with Crippen molar-refractivity contribution in [3.8, 4) is 11.5 Å². The molecule has 0 radical (unpaired) electrons. The Labute approximate surface area is 293 Å². The standard InChI is InChI=1S/C33H38F3N5O8S2/c1-3-47-29(48-4-2)14-16-37-26-12-11-24(20-28(26)50(43,44)33(34,35)36)51(45,46)40-32(42)25-9-8-10-27(41-17-6-5-7-18-41)30(25)49-23-19-22-13-15-38-31(22)39-21-23/h8-13,15,19-21,29,37H,3-7,14,16-18H2,1-2H3,(H,38,39)(H,40,42). The number of carbonyl (C=O) groups is 1. The first-order valence-corrected chi connectivity index (χ1v) is 19.2. The van der Waals surface area contributed by atoms with Crippen molar-refractivity contribution in [1.29, 1.82) is 0 Å². The number of sulfone groups is 1. The van der Waals surface area contributed by atoms with Crippen LogP contribution in [0.3, 0.4) is 0 Å². The normalized spacial score (nSPS) is 14.2. The summed E-state index contributed by atoms with van der Waals surface area (Å²) in [5.74, 6) is -0.844. The maximum Gasteiger partial charge on any atom is 0.501 e. The van der Waals surface area contributed by atoms with Gasteiger partial charge in [0.25, 0.3) is 25.8 Å². The average molecular weight is 754 g/mol. The number of pyridine rings is 1. The summed E-state index contributed by atoms with van der Waals surface area (Å²) in [4.78, 5) is 20.8. The lowest BCUT2D eigenvalue weighted by Crippen LogP contribution is -2.33. The van der Waals surface area contributed by atoms with E-state index in [9.17, 15) is 34.8 Å². The van der Waals surface area contributed by atoms with Crippen LogP contribution in [0.5, 0.6) is 11.5 Å². The lowest BCUT2D eigenvalue weighted by atomic mass is 10.1. The van der Waals surface area contributed by atoms with Crippen LogP contribution >= 0.6 is 0 Å². The van der Waals surface area contributed by atoms with Crippen molar-refractivity contribution >= 4 is 48.2 Å². The van der Waals surface area contributed by atoms with Crippen molar-refractivity contribution in [2.45, 2.75) is 61.1 Å². The molecule has 0 unspecified atom stereocenters. The van der Waals surface area contributed by atoms with E-state index < -0.39 is 53.0 Å². The zero-order chi connectivity index (χ0) is 36.8. The number of fused-ring (bicyclic) bond motifs is 1. The van der Waals surface area contributed by atoms with Gasteiger partial charge in [-0.1, -0.05) is 6.07 Å². The minimum atomic E-state index is -6.05. The van der Waals surface area contributed by atoms with Crippen LogP contribution in [0, 0.1) is 0 Å². The van der Waals surface area contributed by atoms with E-state index in [0.717, 1.165) is 36.8 Å². The Kier molecular flexibility index (Phi) is 11.8. The highest BCUT2D eigenvalue weighted by Gasteiger charge is 2.48. The molecule has 1 aliphatic heterocycles.